The van der Waals surface area contributed by atoms with E-state index >= 15 is 0 Å². The number of benzene rings is 1. The molecule has 1 unspecified atom stereocenters. The molecule has 5 heteroatoms. The molecule has 0 N–H and O–H groups in total. The molecule has 1 aliphatic rings. The van der Waals surface area contributed by atoms with E-state index in [1.165, 1.54) is 6.42 Å². The highest BCUT2D eigenvalue weighted by Crippen LogP contribution is 2.23. The third kappa shape index (κ3) is 3.55. The first kappa shape index (κ1) is 14.5. The van der Waals surface area contributed by atoms with Crippen LogP contribution in [-0.2, 0) is 14.3 Å². The number of likely N-dealkylation sites (N-methyl/N-ethyl adjacent to an activating group) is 1. The Morgan fingerprint density at radius 2 is 2.00 bits per heavy atom. The van der Waals surface area contributed by atoms with Crippen LogP contribution in [0.25, 0.3) is 0 Å². The highest BCUT2D eigenvalue weighted by Gasteiger charge is 2.28. The molecule has 1 heterocycles. The third-order valence-electron chi connectivity index (χ3n) is 3.82. The molecule has 0 radical (unpaired) electrons. The Hall–Kier alpha value is -0.910. The summed E-state index contributed by atoms with van der Waals surface area (Å²) in [5.74, 6) is 0.463. The van der Waals surface area contributed by atoms with E-state index in [9.17, 15) is 8.42 Å². The van der Waals surface area contributed by atoms with Gasteiger partial charge >= 0.3 is 0 Å². The molecule has 0 saturated carbocycles. The Kier molecular flexibility index (Phi) is 4.60. The fourth-order valence-corrected chi connectivity index (χ4v) is 3.51. The zero-order valence-electron chi connectivity index (χ0n) is 11.5. The van der Waals surface area contributed by atoms with Gasteiger partial charge in [0.1, 0.15) is 0 Å². The highest BCUT2D eigenvalue weighted by atomic mass is 32.2. The van der Waals surface area contributed by atoms with Gasteiger partial charge in [-0.25, -0.2) is 0 Å². The number of nitrogens with zero attached hydrogens (tertiary/aromatic N) is 1. The quantitative estimate of drug-likeness (QED) is 0.794. The Morgan fingerprint density at radius 3 is 2.63 bits per heavy atom. The van der Waals surface area contributed by atoms with E-state index in [4.69, 9.17) is 4.18 Å². The van der Waals surface area contributed by atoms with Crippen LogP contribution in [0.2, 0.25) is 0 Å². The van der Waals surface area contributed by atoms with Crippen LogP contribution in [-0.4, -0.2) is 39.6 Å². The number of hydrogen-bond acceptors (Lipinski definition) is 4. The van der Waals surface area contributed by atoms with Gasteiger partial charge in [0, 0.05) is 6.04 Å². The van der Waals surface area contributed by atoms with Gasteiger partial charge in [0.15, 0.2) is 0 Å². The van der Waals surface area contributed by atoms with Crippen LogP contribution in [0.3, 0.4) is 0 Å². The largest absolute Gasteiger partial charge is 0.301 e. The molecule has 106 valence electrons. The third-order valence-corrected chi connectivity index (χ3v) is 5.12. The average molecular weight is 283 g/mol. The van der Waals surface area contributed by atoms with E-state index < -0.39 is 10.1 Å². The molecular weight excluding hydrogens is 262 g/mol. The van der Waals surface area contributed by atoms with Gasteiger partial charge in [-0.1, -0.05) is 25.1 Å². The number of rotatable bonds is 4. The lowest BCUT2D eigenvalue weighted by atomic mass is 9.92. The molecule has 1 saturated heterocycles. The minimum absolute atomic E-state index is 0.173. The SMILES string of the molecule is CC1CCCN(C)[C@H]1COS(=O)(=O)c1ccccc1. The lowest BCUT2D eigenvalue weighted by Crippen LogP contribution is -2.45. The first-order chi connectivity index (χ1) is 9.00. The molecule has 0 amide bonds. The van der Waals surface area contributed by atoms with Gasteiger partial charge in [-0.3, -0.25) is 4.18 Å². The van der Waals surface area contributed by atoms with Crippen molar-refractivity contribution in [3.05, 3.63) is 30.3 Å². The van der Waals surface area contributed by atoms with E-state index in [-0.39, 0.29) is 17.5 Å². The van der Waals surface area contributed by atoms with Gasteiger partial charge < -0.3 is 4.90 Å². The maximum atomic E-state index is 12.0. The lowest BCUT2D eigenvalue weighted by Gasteiger charge is -2.36. The fraction of sp³-hybridized carbons (Fsp3) is 0.571. The predicted octanol–water partition coefficient (Wildman–Crippen LogP) is 2.12. The Balaban J connectivity index is 2.02. The fourth-order valence-electron chi connectivity index (χ4n) is 2.56. The Labute approximate surface area is 115 Å². The number of likely N-dealkylation sites (tertiary alicyclic amines) is 1. The molecule has 1 aromatic rings. The van der Waals surface area contributed by atoms with Crippen molar-refractivity contribution in [3.63, 3.8) is 0 Å². The molecule has 0 aliphatic carbocycles. The molecule has 1 fully saturated rings. The van der Waals surface area contributed by atoms with E-state index in [0.717, 1.165) is 13.0 Å². The second-order valence-electron chi connectivity index (χ2n) is 5.22. The molecule has 19 heavy (non-hydrogen) atoms. The van der Waals surface area contributed by atoms with Crippen molar-refractivity contribution in [2.45, 2.75) is 30.7 Å². The lowest BCUT2D eigenvalue weighted by molar-refractivity contribution is 0.0855. The topological polar surface area (TPSA) is 46.6 Å². The molecule has 0 spiro atoms. The molecular formula is C14H21NO3S. The summed E-state index contributed by atoms with van der Waals surface area (Å²) in [5, 5.41) is 0. The van der Waals surface area contributed by atoms with Crippen molar-refractivity contribution in [2.24, 2.45) is 5.92 Å². The Bertz CT molecular complexity index is 491. The van der Waals surface area contributed by atoms with Gasteiger partial charge in [0.05, 0.1) is 11.5 Å². The second kappa shape index (κ2) is 6.03. The normalized spacial score (nSPS) is 25.4. The van der Waals surface area contributed by atoms with Crippen LogP contribution in [0.1, 0.15) is 19.8 Å². The van der Waals surface area contributed by atoms with Crippen LogP contribution in [0, 0.1) is 5.92 Å². The average Bonchev–Trinajstić information content (AvgIpc) is 2.39. The molecule has 2 atom stereocenters. The standard InChI is InChI=1S/C14H21NO3S/c1-12-7-6-10-15(2)14(12)11-18-19(16,17)13-8-4-3-5-9-13/h3-5,8-9,12,14H,6-7,10-11H2,1-2H3/t12?,14-/m0/s1. The van der Waals surface area contributed by atoms with Crippen molar-refractivity contribution in [1.82, 2.24) is 4.90 Å². The molecule has 1 aliphatic heterocycles. The second-order valence-corrected chi connectivity index (χ2v) is 6.83. The highest BCUT2D eigenvalue weighted by molar-refractivity contribution is 7.86. The van der Waals surface area contributed by atoms with Crippen LogP contribution in [0.15, 0.2) is 35.2 Å². The van der Waals surface area contributed by atoms with Crippen LogP contribution < -0.4 is 0 Å². The van der Waals surface area contributed by atoms with Gasteiger partial charge in [0.2, 0.25) is 0 Å². The van der Waals surface area contributed by atoms with Crippen molar-refractivity contribution in [3.8, 4) is 0 Å². The summed E-state index contributed by atoms with van der Waals surface area (Å²) in [6.45, 7) is 3.39. The summed E-state index contributed by atoms with van der Waals surface area (Å²) >= 11 is 0. The van der Waals surface area contributed by atoms with Gasteiger partial charge in [0.25, 0.3) is 10.1 Å². The van der Waals surface area contributed by atoms with Crippen molar-refractivity contribution in [1.29, 1.82) is 0 Å². The van der Waals surface area contributed by atoms with Crippen LogP contribution in [0.5, 0.6) is 0 Å². The summed E-state index contributed by atoms with van der Waals surface area (Å²) in [5.41, 5.74) is 0. The number of hydrogen-bond donors (Lipinski definition) is 0. The van der Waals surface area contributed by atoms with Gasteiger partial charge in [-0.05, 0) is 44.5 Å². The van der Waals surface area contributed by atoms with Crippen molar-refractivity contribution in [2.75, 3.05) is 20.2 Å². The van der Waals surface area contributed by atoms with Gasteiger partial charge in [-0.2, -0.15) is 8.42 Å². The molecule has 0 aromatic heterocycles. The zero-order valence-corrected chi connectivity index (χ0v) is 12.3. The van der Waals surface area contributed by atoms with E-state index in [1.54, 1.807) is 30.3 Å². The molecule has 2 rings (SSSR count). The van der Waals surface area contributed by atoms with Gasteiger partial charge in [-0.15, -0.1) is 0 Å². The summed E-state index contributed by atoms with van der Waals surface area (Å²) in [7, 11) is -1.61. The van der Waals surface area contributed by atoms with E-state index in [0.29, 0.717) is 5.92 Å². The smallest absolute Gasteiger partial charge is 0.297 e. The van der Waals surface area contributed by atoms with E-state index in [1.807, 2.05) is 7.05 Å². The summed E-state index contributed by atoms with van der Waals surface area (Å²) in [4.78, 5) is 2.41. The minimum atomic E-state index is -3.63. The van der Waals surface area contributed by atoms with Crippen LogP contribution >= 0.6 is 0 Å². The molecule has 4 nitrogen and oxygen atoms in total. The zero-order chi connectivity index (χ0) is 13.9. The molecule has 1 aromatic carbocycles. The summed E-state index contributed by atoms with van der Waals surface area (Å²) < 4.78 is 29.3. The summed E-state index contributed by atoms with van der Waals surface area (Å²) in [6, 6.07) is 8.48. The number of piperidine rings is 1. The summed E-state index contributed by atoms with van der Waals surface area (Å²) in [6.07, 6.45) is 2.29. The minimum Gasteiger partial charge on any atom is -0.301 e. The molecule has 0 bridgehead atoms. The predicted molar refractivity (Wildman–Crippen MR) is 74.4 cm³/mol. The monoisotopic (exact) mass is 283 g/mol. The van der Waals surface area contributed by atoms with Crippen molar-refractivity contribution < 1.29 is 12.6 Å². The van der Waals surface area contributed by atoms with Crippen LogP contribution in [0.4, 0.5) is 0 Å². The first-order valence-electron chi connectivity index (χ1n) is 6.65. The van der Waals surface area contributed by atoms with E-state index in [2.05, 4.69) is 11.8 Å². The first-order valence-corrected chi connectivity index (χ1v) is 8.06. The van der Waals surface area contributed by atoms with Crippen molar-refractivity contribution >= 4 is 10.1 Å². The maximum absolute atomic E-state index is 12.0. The maximum Gasteiger partial charge on any atom is 0.297 e. The Morgan fingerprint density at radius 1 is 1.32 bits per heavy atom.